The maximum Gasteiger partial charge on any atom is 0.411 e. The minimum atomic E-state index is -4.42. The third kappa shape index (κ3) is 8.57. The first-order valence-electron chi connectivity index (χ1n) is 10.0. The Bertz CT molecular complexity index is 970. The lowest BCUT2D eigenvalue weighted by Gasteiger charge is -2.15. The summed E-state index contributed by atoms with van der Waals surface area (Å²) in [6.07, 6.45) is -5.58. The molecule has 178 valence electrons. The maximum atomic E-state index is 12.2. The average Bonchev–Trinajstić information content (AvgIpc) is 2.74. The van der Waals surface area contributed by atoms with Gasteiger partial charge < -0.3 is 20.1 Å². The lowest BCUT2D eigenvalue weighted by molar-refractivity contribution is -0.176. The first kappa shape index (κ1) is 25.9. The molecule has 0 bridgehead atoms. The van der Waals surface area contributed by atoms with Gasteiger partial charge in [-0.1, -0.05) is 30.3 Å². The highest BCUT2D eigenvalue weighted by Crippen LogP contribution is 2.19. The number of esters is 1. The predicted molar refractivity (Wildman–Crippen MR) is 115 cm³/mol. The van der Waals surface area contributed by atoms with Crippen molar-refractivity contribution >= 4 is 23.5 Å². The highest BCUT2D eigenvalue weighted by atomic mass is 19.4. The number of hydrogen-bond acceptors (Lipinski definition) is 5. The third-order valence-corrected chi connectivity index (χ3v) is 4.55. The first-order valence-corrected chi connectivity index (χ1v) is 10.0. The minimum absolute atomic E-state index is 0.113. The molecule has 0 aliphatic rings. The minimum Gasteiger partial charge on any atom is -0.449 e. The van der Waals surface area contributed by atoms with Crippen LogP contribution < -0.4 is 10.6 Å². The standard InChI is InChI=1S/C23H25F3N2O5/c1-14-5-4-6-15(2)20(14)28-19(29)11-27-21(30)16(3)33-22(31)18-9-7-17(8-10-18)12-32-13-23(24,25)26/h4-10,16H,11-13H2,1-3H3,(H,27,30)(H,28,29). The average molecular weight is 466 g/mol. The van der Waals surface area contributed by atoms with Crippen LogP contribution in [0.5, 0.6) is 0 Å². The molecule has 0 radical (unpaired) electrons. The highest BCUT2D eigenvalue weighted by Gasteiger charge is 2.27. The molecule has 2 aromatic rings. The van der Waals surface area contributed by atoms with Gasteiger partial charge in [0, 0.05) is 5.69 Å². The summed E-state index contributed by atoms with van der Waals surface area (Å²) >= 11 is 0. The zero-order chi connectivity index (χ0) is 24.6. The van der Waals surface area contributed by atoms with Crippen LogP contribution in [0.15, 0.2) is 42.5 Å². The number of hydrogen-bond donors (Lipinski definition) is 2. The van der Waals surface area contributed by atoms with Crippen molar-refractivity contribution in [3.8, 4) is 0 Å². The Labute approximate surface area is 189 Å². The Hall–Kier alpha value is -3.40. The van der Waals surface area contributed by atoms with E-state index in [1.54, 1.807) is 0 Å². The molecule has 2 aromatic carbocycles. The van der Waals surface area contributed by atoms with E-state index in [4.69, 9.17) is 4.74 Å². The van der Waals surface area contributed by atoms with Crippen LogP contribution in [0.3, 0.4) is 0 Å². The number of benzene rings is 2. The first-order chi connectivity index (χ1) is 15.5. The summed E-state index contributed by atoms with van der Waals surface area (Å²) in [6, 6.07) is 11.1. The number of halogens is 3. The van der Waals surface area contributed by atoms with Gasteiger partial charge in [0.05, 0.1) is 18.7 Å². The summed E-state index contributed by atoms with van der Waals surface area (Å²) in [5.74, 6) is -1.87. The number of amides is 2. The number of alkyl halides is 3. The third-order valence-electron chi connectivity index (χ3n) is 4.55. The second-order valence-electron chi connectivity index (χ2n) is 7.39. The molecule has 2 rings (SSSR count). The van der Waals surface area contributed by atoms with Crippen molar-refractivity contribution in [2.45, 2.75) is 39.7 Å². The second kappa shape index (κ2) is 11.5. The number of ether oxygens (including phenoxy) is 2. The smallest absolute Gasteiger partial charge is 0.411 e. The Balaban J connectivity index is 1.80. The molecule has 0 aliphatic heterocycles. The Morgan fingerprint density at radius 3 is 2.18 bits per heavy atom. The van der Waals surface area contributed by atoms with Gasteiger partial charge in [0.1, 0.15) is 6.61 Å². The van der Waals surface area contributed by atoms with E-state index in [2.05, 4.69) is 15.4 Å². The molecule has 0 spiro atoms. The van der Waals surface area contributed by atoms with Crippen molar-refractivity contribution in [1.29, 1.82) is 0 Å². The normalized spacial score (nSPS) is 12.1. The van der Waals surface area contributed by atoms with Gasteiger partial charge in [0.15, 0.2) is 6.10 Å². The van der Waals surface area contributed by atoms with Gasteiger partial charge in [-0.15, -0.1) is 0 Å². The van der Waals surface area contributed by atoms with Crippen LogP contribution in [0.2, 0.25) is 0 Å². The fourth-order valence-corrected chi connectivity index (χ4v) is 2.81. The predicted octanol–water partition coefficient (Wildman–Crippen LogP) is 3.68. The van der Waals surface area contributed by atoms with E-state index < -0.39 is 36.7 Å². The van der Waals surface area contributed by atoms with Crippen LogP contribution in [0.4, 0.5) is 18.9 Å². The largest absolute Gasteiger partial charge is 0.449 e. The zero-order valence-electron chi connectivity index (χ0n) is 18.4. The fourth-order valence-electron chi connectivity index (χ4n) is 2.81. The van der Waals surface area contributed by atoms with Crippen molar-refractivity contribution in [3.63, 3.8) is 0 Å². The van der Waals surface area contributed by atoms with Gasteiger partial charge in [-0.25, -0.2) is 4.79 Å². The van der Waals surface area contributed by atoms with Crippen molar-refractivity contribution in [2.24, 2.45) is 0 Å². The van der Waals surface area contributed by atoms with Crippen LogP contribution in [0.25, 0.3) is 0 Å². The molecule has 1 unspecified atom stereocenters. The van der Waals surface area contributed by atoms with Crippen LogP contribution in [0.1, 0.15) is 34.0 Å². The summed E-state index contributed by atoms with van der Waals surface area (Å²) < 4.78 is 45.9. The van der Waals surface area contributed by atoms with Crippen LogP contribution in [-0.4, -0.2) is 43.2 Å². The second-order valence-corrected chi connectivity index (χ2v) is 7.39. The van der Waals surface area contributed by atoms with Crippen molar-refractivity contribution < 1.29 is 37.0 Å². The SMILES string of the molecule is Cc1cccc(C)c1NC(=O)CNC(=O)C(C)OC(=O)c1ccc(COCC(F)(F)F)cc1. The van der Waals surface area contributed by atoms with E-state index >= 15 is 0 Å². The summed E-state index contributed by atoms with van der Waals surface area (Å²) in [7, 11) is 0. The van der Waals surface area contributed by atoms with E-state index in [0.717, 1.165) is 11.1 Å². The maximum absolute atomic E-state index is 12.2. The number of rotatable bonds is 9. The molecule has 10 heteroatoms. The van der Waals surface area contributed by atoms with Gasteiger partial charge in [0.25, 0.3) is 5.91 Å². The van der Waals surface area contributed by atoms with E-state index in [0.29, 0.717) is 11.3 Å². The fraction of sp³-hybridized carbons (Fsp3) is 0.348. The Morgan fingerprint density at radius 1 is 1.00 bits per heavy atom. The van der Waals surface area contributed by atoms with E-state index in [1.165, 1.54) is 31.2 Å². The molecule has 0 saturated carbocycles. The number of anilines is 1. The summed E-state index contributed by atoms with van der Waals surface area (Å²) in [6.45, 7) is 3.12. The van der Waals surface area contributed by atoms with Crippen molar-refractivity contribution in [2.75, 3.05) is 18.5 Å². The van der Waals surface area contributed by atoms with E-state index in [9.17, 15) is 27.6 Å². The molecule has 7 nitrogen and oxygen atoms in total. The number of para-hydroxylation sites is 1. The molecular weight excluding hydrogens is 441 g/mol. The zero-order valence-corrected chi connectivity index (χ0v) is 18.4. The lowest BCUT2D eigenvalue weighted by Crippen LogP contribution is -2.40. The molecule has 0 aromatic heterocycles. The number of aryl methyl sites for hydroxylation is 2. The molecular formula is C23H25F3N2O5. The Morgan fingerprint density at radius 2 is 1.61 bits per heavy atom. The molecule has 2 amide bonds. The molecule has 0 fully saturated rings. The van der Waals surface area contributed by atoms with Gasteiger partial charge in [-0.2, -0.15) is 13.2 Å². The van der Waals surface area contributed by atoms with Crippen molar-refractivity contribution in [3.05, 3.63) is 64.7 Å². The lowest BCUT2D eigenvalue weighted by atomic mass is 10.1. The molecule has 0 aliphatic carbocycles. The van der Waals surface area contributed by atoms with Crippen LogP contribution >= 0.6 is 0 Å². The van der Waals surface area contributed by atoms with Crippen LogP contribution in [0, 0.1) is 13.8 Å². The molecule has 0 heterocycles. The Kier molecular flexibility index (Phi) is 8.98. The highest BCUT2D eigenvalue weighted by molar-refractivity contribution is 5.97. The van der Waals surface area contributed by atoms with Gasteiger partial charge in [0.2, 0.25) is 5.91 Å². The van der Waals surface area contributed by atoms with Gasteiger partial charge in [-0.05, 0) is 49.6 Å². The molecule has 0 saturated heterocycles. The summed E-state index contributed by atoms with van der Waals surface area (Å²) in [5, 5.41) is 5.14. The molecule has 2 N–H and O–H groups in total. The van der Waals surface area contributed by atoms with Crippen LogP contribution in [-0.2, 0) is 25.7 Å². The number of carbonyl (C=O) groups is 3. The summed E-state index contributed by atoms with van der Waals surface area (Å²) in [5.41, 5.74) is 2.99. The number of nitrogens with one attached hydrogen (secondary N) is 2. The topological polar surface area (TPSA) is 93.7 Å². The summed E-state index contributed by atoms with van der Waals surface area (Å²) in [4.78, 5) is 36.5. The van der Waals surface area contributed by atoms with E-state index in [-0.39, 0.29) is 18.7 Å². The quantitative estimate of drug-likeness (QED) is 0.550. The molecule has 1 atom stereocenters. The van der Waals surface area contributed by atoms with Gasteiger partial charge in [-0.3, -0.25) is 9.59 Å². The van der Waals surface area contributed by atoms with Crippen molar-refractivity contribution in [1.82, 2.24) is 5.32 Å². The van der Waals surface area contributed by atoms with E-state index in [1.807, 2.05) is 32.0 Å². The monoisotopic (exact) mass is 466 g/mol. The molecule has 33 heavy (non-hydrogen) atoms. The number of carbonyl (C=O) groups excluding carboxylic acids is 3. The van der Waals surface area contributed by atoms with Gasteiger partial charge >= 0.3 is 12.1 Å².